The highest BCUT2D eigenvalue weighted by atomic mass is 35.5. The van der Waals surface area contributed by atoms with E-state index in [-0.39, 0.29) is 5.28 Å². The van der Waals surface area contributed by atoms with Crippen LogP contribution in [0, 0.1) is 0 Å². The van der Waals surface area contributed by atoms with E-state index >= 15 is 0 Å². The Morgan fingerprint density at radius 3 is 2.00 bits per heavy atom. The van der Waals surface area contributed by atoms with Crippen LogP contribution in [0.1, 0.15) is 19.5 Å². The first-order chi connectivity index (χ1) is 12.2. The maximum absolute atomic E-state index is 6.00. The fraction of sp³-hybridized carbons (Fsp3) is 0.0952. The molecular formula is C21H20ClN3. The van der Waals surface area contributed by atoms with Crippen molar-refractivity contribution in [3.63, 3.8) is 0 Å². The number of aromatic nitrogens is 2. The zero-order valence-electron chi connectivity index (χ0n) is 14.4. The van der Waals surface area contributed by atoms with Crippen molar-refractivity contribution in [1.29, 1.82) is 0 Å². The van der Waals surface area contributed by atoms with Crippen molar-refractivity contribution in [2.75, 3.05) is 0 Å². The van der Waals surface area contributed by atoms with Crippen LogP contribution in [0.15, 0.2) is 66.2 Å². The Morgan fingerprint density at radius 1 is 0.880 bits per heavy atom. The highest BCUT2D eigenvalue weighted by Crippen LogP contribution is 2.33. The minimum Gasteiger partial charge on any atom is -0.260 e. The third-order valence-corrected chi connectivity index (χ3v) is 3.67. The molecule has 0 spiro atoms. The van der Waals surface area contributed by atoms with Crippen LogP contribution in [0.25, 0.3) is 28.5 Å². The summed E-state index contributed by atoms with van der Waals surface area (Å²) < 4.78 is 0. The molecule has 2 aromatic carbocycles. The van der Waals surface area contributed by atoms with E-state index in [9.17, 15) is 0 Å². The zero-order chi connectivity index (χ0) is 18.2. The second kappa shape index (κ2) is 8.90. The molecule has 126 valence electrons. The maximum Gasteiger partial charge on any atom is 0.223 e. The molecule has 1 aromatic heterocycles. The quantitative estimate of drug-likeness (QED) is 0.400. The lowest BCUT2D eigenvalue weighted by molar-refractivity contribution is 1.15. The zero-order valence-corrected chi connectivity index (χ0v) is 15.2. The van der Waals surface area contributed by atoms with Gasteiger partial charge in [0.15, 0.2) is 0 Å². The molecule has 0 N–H and O–H groups in total. The molecule has 0 aliphatic carbocycles. The molecule has 0 bridgehead atoms. The third kappa shape index (κ3) is 4.20. The molecule has 0 unspecified atom stereocenters. The Bertz CT molecular complexity index is 856. The molecule has 1 heterocycles. The van der Waals surface area contributed by atoms with Crippen LogP contribution in [0.4, 0.5) is 5.69 Å². The Hall–Kier alpha value is -2.78. The molecule has 3 nitrogen and oxygen atoms in total. The van der Waals surface area contributed by atoms with E-state index in [1.165, 1.54) is 0 Å². The highest BCUT2D eigenvalue weighted by Gasteiger charge is 2.12. The lowest BCUT2D eigenvalue weighted by atomic mass is 10.0. The van der Waals surface area contributed by atoms with Crippen molar-refractivity contribution in [2.45, 2.75) is 13.8 Å². The normalized spacial score (nSPS) is 9.72. The maximum atomic E-state index is 6.00. The summed E-state index contributed by atoms with van der Waals surface area (Å²) in [4.78, 5) is 12.4. The molecule has 0 atom stereocenters. The van der Waals surface area contributed by atoms with Gasteiger partial charge in [0, 0.05) is 5.56 Å². The van der Waals surface area contributed by atoms with Crippen LogP contribution in [0.5, 0.6) is 0 Å². The number of hydrogen-bond donors (Lipinski definition) is 0. The van der Waals surface area contributed by atoms with Gasteiger partial charge in [-0.15, -0.1) is 0 Å². The highest BCUT2D eigenvalue weighted by molar-refractivity contribution is 6.28. The summed E-state index contributed by atoms with van der Waals surface area (Å²) in [6, 6.07) is 18.2. The van der Waals surface area contributed by atoms with E-state index in [2.05, 4.69) is 40.4 Å². The standard InChI is InChI=1S/C19H14ClN3.C2H6/c1-3-16-18(21-2)17(23-19(20)22-16)15-11-9-14(10-12-15)13-7-5-4-6-8-13;1-2/h3-12H,1-2H2;1-2H3. The molecule has 0 saturated heterocycles. The van der Waals surface area contributed by atoms with Crippen molar-refractivity contribution in [3.8, 4) is 22.4 Å². The van der Waals surface area contributed by atoms with Crippen LogP contribution in [-0.4, -0.2) is 16.7 Å². The van der Waals surface area contributed by atoms with E-state index in [0.29, 0.717) is 17.1 Å². The second-order valence-corrected chi connectivity index (χ2v) is 5.22. The Morgan fingerprint density at radius 2 is 1.44 bits per heavy atom. The van der Waals surface area contributed by atoms with Crippen molar-refractivity contribution in [1.82, 2.24) is 9.97 Å². The van der Waals surface area contributed by atoms with Gasteiger partial charge < -0.3 is 0 Å². The van der Waals surface area contributed by atoms with Gasteiger partial charge in [0.25, 0.3) is 0 Å². The lowest BCUT2D eigenvalue weighted by Gasteiger charge is -2.09. The number of aliphatic imine (C=N–C) groups is 1. The minimum absolute atomic E-state index is 0.162. The third-order valence-electron chi connectivity index (χ3n) is 3.50. The first kappa shape index (κ1) is 18.6. The summed E-state index contributed by atoms with van der Waals surface area (Å²) in [6.45, 7) is 11.3. The Labute approximate surface area is 153 Å². The first-order valence-corrected chi connectivity index (χ1v) is 8.43. The lowest BCUT2D eigenvalue weighted by Crippen LogP contribution is -1.93. The average molecular weight is 350 g/mol. The fourth-order valence-corrected chi connectivity index (χ4v) is 2.57. The van der Waals surface area contributed by atoms with Gasteiger partial charge in [-0.3, -0.25) is 4.99 Å². The molecule has 0 amide bonds. The molecule has 3 rings (SSSR count). The van der Waals surface area contributed by atoms with Gasteiger partial charge in [-0.25, -0.2) is 9.97 Å². The molecule has 0 aliphatic heterocycles. The summed E-state index contributed by atoms with van der Waals surface area (Å²) >= 11 is 6.00. The molecule has 4 heteroatoms. The second-order valence-electron chi connectivity index (χ2n) is 4.88. The monoisotopic (exact) mass is 349 g/mol. The SMILES string of the molecule is C=Cc1nc(Cl)nc(-c2ccc(-c3ccccc3)cc2)c1N=C.CC. The molecule has 0 aliphatic rings. The molecule has 0 saturated carbocycles. The number of nitrogens with zero attached hydrogens (tertiary/aromatic N) is 3. The largest absolute Gasteiger partial charge is 0.260 e. The number of benzene rings is 2. The van der Waals surface area contributed by atoms with Gasteiger partial charge in [0.2, 0.25) is 5.28 Å². The topological polar surface area (TPSA) is 38.1 Å². The first-order valence-electron chi connectivity index (χ1n) is 8.05. The summed E-state index contributed by atoms with van der Waals surface area (Å²) in [6.07, 6.45) is 1.60. The van der Waals surface area contributed by atoms with E-state index in [1.807, 2.05) is 56.3 Å². The summed E-state index contributed by atoms with van der Waals surface area (Å²) in [7, 11) is 0. The summed E-state index contributed by atoms with van der Waals surface area (Å²) in [5, 5.41) is 0.162. The van der Waals surface area contributed by atoms with Gasteiger partial charge in [-0.05, 0) is 35.5 Å². The van der Waals surface area contributed by atoms with Gasteiger partial charge in [-0.1, -0.05) is 75.0 Å². The van der Waals surface area contributed by atoms with Gasteiger partial charge in [0.05, 0.1) is 5.69 Å². The molecule has 3 aromatic rings. The van der Waals surface area contributed by atoms with Crippen molar-refractivity contribution < 1.29 is 0 Å². The van der Waals surface area contributed by atoms with Crippen molar-refractivity contribution >= 4 is 30.1 Å². The number of hydrogen-bond acceptors (Lipinski definition) is 3. The van der Waals surface area contributed by atoms with Crippen LogP contribution in [0.2, 0.25) is 5.28 Å². The van der Waals surface area contributed by atoms with Gasteiger partial charge >= 0.3 is 0 Å². The van der Waals surface area contributed by atoms with E-state index in [4.69, 9.17) is 11.6 Å². The van der Waals surface area contributed by atoms with E-state index in [1.54, 1.807) is 6.08 Å². The predicted octanol–water partition coefficient (Wildman–Crippen LogP) is 6.47. The van der Waals surface area contributed by atoms with Crippen LogP contribution in [0.3, 0.4) is 0 Å². The molecule has 0 radical (unpaired) electrons. The summed E-state index contributed by atoms with van der Waals surface area (Å²) in [5.41, 5.74) is 4.99. The number of rotatable bonds is 4. The molecule has 0 fully saturated rings. The number of halogens is 1. The molecular weight excluding hydrogens is 330 g/mol. The fourth-order valence-electron chi connectivity index (χ4n) is 2.39. The van der Waals surface area contributed by atoms with Crippen molar-refractivity contribution in [3.05, 3.63) is 72.2 Å². The predicted molar refractivity (Wildman–Crippen MR) is 109 cm³/mol. The Balaban J connectivity index is 0.00000109. The molecule has 25 heavy (non-hydrogen) atoms. The van der Waals surface area contributed by atoms with Crippen LogP contribution >= 0.6 is 11.6 Å². The van der Waals surface area contributed by atoms with E-state index in [0.717, 1.165) is 16.7 Å². The van der Waals surface area contributed by atoms with Crippen LogP contribution in [-0.2, 0) is 0 Å². The van der Waals surface area contributed by atoms with Crippen molar-refractivity contribution in [2.24, 2.45) is 4.99 Å². The minimum atomic E-state index is 0.162. The average Bonchev–Trinajstić information content (AvgIpc) is 2.69. The Kier molecular flexibility index (Phi) is 6.61. The van der Waals surface area contributed by atoms with Crippen LogP contribution < -0.4 is 0 Å². The van der Waals surface area contributed by atoms with E-state index < -0.39 is 0 Å². The van der Waals surface area contributed by atoms with Gasteiger partial charge in [0.1, 0.15) is 11.4 Å². The smallest absolute Gasteiger partial charge is 0.223 e. The summed E-state index contributed by atoms with van der Waals surface area (Å²) in [5.74, 6) is 0. The van der Waals surface area contributed by atoms with Gasteiger partial charge in [-0.2, -0.15) is 0 Å².